The molecule has 1 aromatic heterocycles. The second-order valence-electron chi connectivity index (χ2n) is 6.28. The molecule has 1 saturated heterocycles. The van der Waals surface area contributed by atoms with Gasteiger partial charge in [0.05, 0.1) is 17.2 Å². The van der Waals surface area contributed by atoms with Gasteiger partial charge in [-0.3, -0.25) is 14.2 Å². The number of rotatable bonds is 3. The van der Waals surface area contributed by atoms with E-state index in [1.807, 2.05) is 23.1 Å². The molecule has 1 N–H and O–H groups in total. The topological polar surface area (TPSA) is 67.2 Å². The summed E-state index contributed by atoms with van der Waals surface area (Å²) in [6, 6.07) is 7.86. The number of piperazine rings is 1. The van der Waals surface area contributed by atoms with E-state index < -0.39 is 0 Å². The first kappa shape index (κ1) is 15.7. The summed E-state index contributed by atoms with van der Waals surface area (Å²) in [5.41, 5.74) is 0.593. The van der Waals surface area contributed by atoms with Crippen LogP contribution in [0.25, 0.3) is 10.9 Å². The summed E-state index contributed by atoms with van der Waals surface area (Å²) in [6.07, 6.45) is 1.85. The predicted octanol–water partition coefficient (Wildman–Crippen LogP) is 0.995. The van der Waals surface area contributed by atoms with Crippen LogP contribution in [0, 0.1) is 0 Å². The smallest absolute Gasteiger partial charge is 0.261 e. The van der Waals surface area contributed by atoms with Crippen LogP contribution in [0.3, 0.4) is 0 Å². The van der Waals surface area contributed by atoms with Gasteiger partial charge in [-0.1, -0.05) is 12.1 Å². The summed E-state index contributed by atoms with van der Waals surface area (Å²) >= 11 is 0. The van der Waals surface area contributed by atoms with Crippen LogP contribution < -0.4 is 10.9 Å². The number of carbonyl (C=O) groups excluding carboxylic acids is 1. The van der Waals surface area contributed by atoms with E-state index in [1.165, 1.54) is 10.9 Å². The molecule has 1 amide bonds. The number of aromatic nitrogens is 2. The van der Waals surface area contributed by atoms with Gasteiger partial charge in [0.2, 0.25) is 5.91 Å². The number of hydrogen-bond acceptors (Lipinski definition) is 4. The van der Waals surface area contributed by atoms with Crippen LogP contribution in [0.2, 0.25) is 0 Å². The van der Waals surface area contributed by atoms with Crippen molar-refractivity contribution in [3.63, 3.8) is 0 Å². The Kier molecular flexibility index (Phi) is 4.43. The van der Waals surface area contributed by atoms with Crippen molar-refractivity contribution < 1.29 is 4.79 Å². The lowest BCUT2D eigenvalue weighted by molar-refractivity contribution is -0.133. The predicted molar refractivity (Wildman–Crippen MR) is 89.3 cm³/mol. The molecule has 2 heterocycles. The molecular formula is C17H22N4O2. The molecule has 6 nitrogen and oxygen atoms in total. The maximum absolute atomic E-state index is 12.4. The van der Waals surface area contributed by atoms with Crippen molar-refractivity contribution in [1.82, 2.24) is 19.8 Å². The number of nitrogens with zero attached hydrogens (tertiary/aromatic N) is 3. The Morgan fingerprint density at radius 1 is 1.26 bits per heavy atom. The van der Waals surface area contributed by atoms with E-state index in [1.54, 1.807) is 6.07 Å². The maximum atomic E-state index is 12.4. The first-order chi connectivity index (χ1) is 11.0. The molecule has 3 rings (SSSR count). The van der Waals surface area contributed by atoms with Crippen molar-refractivity contribution in [3.8, 4) is 0 Å². The van der Waals surface area contributed by atoms with Crippen LogP contribution in [-0.2, 0) is 11.3 Å². The number of benzene rings is 1. The molecule has 1 fully saturated rings. The summed E-state index contributed by atoms with van der Waals surface area (Å²) in [6.45, 7) is 5.95. The number of amides is 1. The summed E-state index contributed by atoms with van der Waals surface area (Å²) in [7, 11) is 0. The number of para-hydroxylation sites is 1. The number of fused-ring (bicyclic) bond motifs is 1. The monoisotopic (exact) mass is 314 g/mol. The van der Waals surface area contributed by atoms with E-state index in [9.17, 15) is 9.59 Å². The van der Waals surface area contributed by atoms with Crippen LogP contribution in [0.1, 0.15) is 20.3 Å². The Morgan fingerprint density at radius 2 is 1.96 bits per heavy atom. The average molecular weight is 314 g/mol. The van der Waals surface area contributed by atoms with E-state index in [2.05, 4.69) is 24.1 Å². The fourth-order valence-electron chi connectivity index (χ4n) is 3.17. The van der Waals surface area contributed by atoms with E-state index in [-0.39, 0.29) is 11.5 Å². The largest absolute Gasteiger partial charge is 0.340 e. The van der Waals surface area contributed by atoms with Crippen molar-refractivity contribution in [1.29, 1.82) is 0 Å². The highest BCUT2D eigenvalue weighted by Gasteiger charge is 2.24. The Balaban J connectivity index is 1.70. The summed E-state index contributed by atoms with van der Waals surface area (Å²) in [5, 5.41) is 4.00. The normalized spacial score (nSPS) is 21.6. The third-order valence-corrected chi connectivity index (χ3v) is 4.21. The van der Waals surface area contributed by atoms with E-state index in [4.69, 9.17) is 0 Å². The van der Waals surface area contributed by atoms with Gasteiger partial charge in [-0.15, -0.1) is 0 Å². The van der Waals surface area contributed by atoms with E-state index >= 15 is 0 Å². The molecule has 1 aliphatic heterocycles. The van der Waals surface area contributed by atoms with Gasteiger partial charge in [0, 0.05) is 38.1 Å². The van der Waals surface area contributed by atoms with Crippen molar-refractivity contribution >= 4 is 16.8 Å². The van der Waals surface area contributed by atoms with Crippen LogP contribution in [0.15, 0.2) is 35.4 Å². The number of nitrogens with one attached hydrogen (secondary N) is 1. The fraction of sp³-hybridized carbons (Fsp3) is 0.471. The Morgan fingerprint density at radius 3 is 2.70 bits per heavy atom. The van der Waals surface area contributed by atoms with Gasteiger partial charge in [-0.05, 0) is 26.0 Å². The van der Waals surface area contributed by atoms with Crippen molar-refractivity contribution in [2.75, 3.05) is 13.1 Å². The first-order valence-corrected chi connectivity index (χ1v) is 8.02. The zero-order valence-electron chi connectivity index (χ0n) is 13.5. The molecule has 1 aromatic carbocycles. The fourth-order valence-corrected chi connectivity index (χ4v) is 3.17. The highest BCUT2D eigenvalue weighted by molar-refractivity contribution is 5.77. The van der Waals surface area contributed by atoms with Gasteiger partial charge in [0.25, 0.3) is 5.56 Å². The van der Waals surface area contributed by atoms with Crippen LogP contribution in [0.4, 0.5) is 0 Å². The summed E-state index contributed by atoms with van der Waals surface area (Å²) in [4.78, 5) is 31.0. The minimum absolute atomic E-state index is 0.0882. The molecule has 1 aliphatic rings. The van der Waals surface area contributed by atoms with Crippen LogP contribution >= 0.6 is 0 Å². The summed E-state index contributed by atoms with van der Waals surface area (Å²) in [5.74, 6) is 0.0882. The highest BCUT2D eigenvalue weighted by atomic mass is 16.2. The molecule has 0 radical (unpaired) electrons. The third kappa shape index (κ3) is 3.42. The molecule has 0 unspecified atom stereocenters. The van der Waals surface area contributed by atoms with Crippen LogP contribution in [-0.4, -0.2) is 45.5 Å². The molecule has 0 spiro atoms. The van der Waals surface area contributed by atoms with E-state index in [0.717, 1.165) is 0 Å². The SMILES string of the molecule is C[C@@H]1CN(C(=O)CCn2cnc3ccccc3c2=O)C[C@@H](C)N1. The van der Waals surface area contributed by atoms with Gasteiger partial charge in [-0.25, -0.2) is 4.98 Å². The zero-order chi connectivity index (χ0) is 16.4. The lowest BCUT2D eigenvalue weighted by atomic mass is 10.1. The minimum Gasteiger partial charge on any atom is -0.340 e. The maximum Gasteiger partial charge on any atom is 0.261 e. The highest BCUT2D eigenvalue weighted by Crippen LogP contribution is 2.08. The lowest BCUT2D eigenvalue weighted by Gasteiger charge is -2.36. The molecule has 0 saturated carbocycles. The first-order valence-electron chi connectivity index (χ1n) is 8.02. The number of aryl methyl sites for hydroxylation is 1. The standard InChI is InChI=1S/C17H22N4O2/c1-12-9-21(10-13(2)19-12)16(22)7-8-20-11-18-15-6-4-3-5-14(15)17(20)23/h3-6,11-13,19H,7-10H2,1-2H3/t12-,13-/m1/s1. The molecule has 2 atom stereocenters. The average Bonchev–Trinajstić information content (AvgIpc) is 2.53. The Hall–Kier alpha value is -2.21. The quantitative estimate of drug-likeness (QED) is 0.917. The second kappa shape index (κ2) is 6.50. The second-order valence-corrected chi connectivity index (χ2v) is 6.28. The van der Waals surface area contributed by atoms with Crippen molar-refractivity contribution in [2.45, 2.75) is 38.9 Å². The van der Waals surface area contributed by atoms with E-state index in [0.29, 0.717) is 49.0 Å². The molecule has 6 heteroatoms. The lowest BCUT2D eigenvalue weighted by Crippen LogP contribution is -2.55. The number of carbonyl (C=O) groups is 1. The molecule has 0 bridgehead atoms. The van der Waals surface area contributed by atoms with Gasteiger partial charge in [0.1, 0.15) is 0 Å². The minimum atomic E-state index is -0.0922. The van der Waals surface area contributed by atoms with Gasteiger partial charge in [-0.2, -0.15) is 0 Å². The molecule has 0 aliphatic carbocycles. The summed E-state index contributed by atoms with van der Waals surface area (Å²) < 4.78 is 1.52. The Labute approximate surface area is 135 Å². The van der Waals surface area contributed by atoms with Crippen molar-refractivity contribution in [3.05, 3.63) is 40.9 Å². The molecular weight excluding hydrogens is 292 g/mol. The molecule has 2 aromatic rings. The van der Waals surface area contributed by atoms with Gasteiger partial charge < -0.3 is 10.2 Å². The van der Waals surface area contributed by atoms with Crippen LogP contribution in [0.5, 0.6) is 0 Å². The Bertz CT molecular complexity index is 761. The third-order valence-electron chi connectivity index (χ3n) is 4.21. The molecule has 122 valence electrons. The number of hydrogen-bond donors (Lipinski definition) is 1. The van der Waals surface area contributed by atoms with Crippen molar-refractivity contribution in [2.24, 2.45) is 0 Å². The van der Waals surface area contributed by atoms with Gasteiger partial charge in [0.15, 0.2) is 0 Å². The zero-order valence-corrected chi connectivity index (χ0v) is 13.5. The van der Waals surface area contributed by atoms with Gasteiger partial charge >= 0.3 is 0 Å². The molecule has 23 heavy (non-hydrogen) atoms.